The highest BCUT2D eigenvalue weighted by Crippen LogP contribution is 2.18. The first-order valence-corrected chi connectivity index (χ1v) is 8.22. The molecule has 0 aliphatic heterocycles. The molecule has 0 aliphatic rings. The molecule has 0 bridgehead atoms. The smallest absolute Gasteiger partial charge is 0.264 e. The summed E-state index contributed by atoms with van der Waals surface area (Å²) < 4.78 is 5.57. The predicted molar refractivity (Wildman–Crippen MR) is 100 cm³/mol. The SMILES string of the molecule is Cc1ccc(C)c(OCC(=O)NC(=S)NC(C)c2ccccc2)c1. The number of rotatable bonds is 5. The van der Waals surface area contributed by atoms with Gasteiger partial charge >= 0.3 is 0 Å². The molecule has 0 radical (unpaired) electrons. The highest BCUT2D eigenvalue weighted by Gasteiger charge is 2.10. The first-order chi connectivity index (χ1) is 11.5. The van der Waals surface area contributed by atoms with E-state index in [4.69, 9.17) is 17.0 Å². The Bertz CT molecular complexity index is 717. The van der Waals surface area contributed by atoms with E-state index in [9.17, 15) is 4.79 Å². The highest BCUT2D eigenvalue weighted by atomic mass is 32.1. The Balaban J connectivity index is 1.81. The van der Waals surface area contributed by atoms with Crippen LogP contribution in [0.4, 0.5) is 0 Å². The summed E-state index contributed by atoms with van der Waals surface area (Å²) in [6.45, 7) is 5.84. The van der Waals surface area contributed by atoms with Crippen molar-refractivity contribution in [3.63, 3.8) is 0 Å². The number of hydrogen-bond acceptors (Lipinski definition) is 3. The van der Waals surface area contributed by atoms with Gasteiger partial charge in [-0.25, -0.2) is 0 Å². The van der Waals surface area contributed by atoms with E-state index >= 15 is 0 Å². The molecular formula is C19H22N2O2S. The van der Waals surface area contributed by atoms with Crippen LogP contribution in [-0.2, 0) is 4.79 Å². The van der Waals surface area contributed by atoms with Gasteiger partial charge in [0.05, 0.1) is 6.04 Å². The van der Waals surface area contributed by atoms with Gasteiger partial charge < -0.3 is 15.4 Å². The van der Waals surface area contributed by atoms with Gasteiger partial charge in [-0.1, -0.05) is 42.5 Å². The number of nitrogens with one attached hydrogen (secondary N) is 2. The molecule has 2 rings (SSSR count). The molecule has 0 spiro atoms. The fourth-order valence-corrected chi connectivity index (χ4v) is 2.52. The standard InChI is InChI=1S/C19H22N2O2S/c1-13-9-10-14(2)17(11-13)23-12-18(22)21-19(24)20-15(3)16-7-5-4-6-8-16/h4-11,15H,12H2,1-3H3,(H2,20,21,22,24). The third-order valence-electron chi connectivity index (χ3n) is 3.60. The lowest BCUT2D eigenvalue weighted by Gasteiger charge is -2.17. The summed E-state index contributed by atoms with van der Waals surface area (Å²) in [5.74, 6) is 0.426. The van der Waals surface area contributed by atoms with E-state index in [0.717, 1.165) is 16.7 Å². The maximum atomic E-state index is 12.0. The second kappa shape index (κ2) is 8.45. The zero-order valence-corrected chi connectivity index (χ0v) is 14.9. The average molecular weight is 342 g/mol. The number of ether oxygens (including phenoxy) is 1. The number of thiocarbonyl (C=S) groups is 1. The number of carbonyl (C=O) groups is 1. The fraction of sp³-hybridized carbons (Fsp3) is 0.263. The lowest BCUT2D eigenvalue weighted by atomic mass is 10.1. The minimum absolute atomic E-state index is 0.0129. The van der Waals surface area contributed by atoms with E-state index in [-0.39, 0.29) is 18.6 Å². The molecular weight excluding hydrogens is 320 g/mol. The lowest BCUT2D eigenvalue weighted by Crippen LogP contribution is -2.42. The second-order valence-electron chi connectivity index (χ2n) is 5.71. The average Bonchev–Trinajstić information content (AvgIpc) is 2.56. The van der Waals surface area contributed by atoms with Crippen molar-refractivity contribution < 1.29 is 9.53 Å². The largest absolute Gasteiger partial charge is 0.483 e. The van der Waals surface area contributed by atoms with Crippen molar-refractivity contribution in [2.45, 2.75) is 26.8 Å². The number of carbonyl (C=O) groups excluding carboxylic acids is 1. The third kappa shape index (κ3) is 5.35. The van der Waals surface area contributed by atoms with Gasteiger partial charge in [0, 0.05) is 0 Å². The molecule has 2 aromatic carbocycles. The van der Waals surface area contributed by atoms with Crippen molar-refractivity contribution >= 4 is 23.2 Å². The van der Waals surface area contributed by atoms with Crippen LogP contribution in [0.2, 0.25) is 0 Å². The molecule has 24 heavy (non-hydrogen) atoms. The summed E-state index contributed by atoms with van der Waals surface area (Å²) in [6, 6.07) is 15.8. The highest BCUT2D eigenvalue weighted by molar-refractivity contribution is 7.80. The Hall–Kier alpha value is -2.40. The van der Waals surface area contributed by atoms with Crippen LogP contribution in [-0.4, -0.2) is 17.6 Å². The molecule has 0 saturated carbocycles. The molecule has 0 heterocycles. The van der Waals surface area contributed by atoms with Gasteiger partial charge in [0.15, 0.2) is 11.7 Å². The fourth-order valence-electron chi connectivity index (χ4n) is 2.23. The van der Waals surface area contributed by atoms with Crippen molar-refractivity contribution in [1.82, 2.24) is 10.6 Å². The van der Waals surface area contributed by atoms with E-state index in [2.05, 4.69) is 10.6 Å². The Morgan fingerprint density at radius 3 is 2.58 bits per heavy atom. The van der Waals surface area contributed by atoms with E-state index in [1.165, 1.54) is 0 Å². The van der Waals surface area contributed by atoms with Crippen molar-refractivity contribution in [2.75, 3.05) is 6.61 Å². The molecule has 4 nitrogen and oxygen atoms in total. The number of amides is 1. The zero-order valence-electron chi connectivity index (χ0n) is 14.1. The summed E-state index contributed by atoms with van der Waals surface area (Å²) in [5.41, 5.74) is 3.18. The van der Waals surface area contributed by atoms with Gasteiger partial charge in [-0.05, 0) is 55.7 Å². The van der Waals surface area contributed by atoms with Crippen LogP contribution >= 0.6 is 12.2 Å². The molecule has 0 aromatic heterocycles. The normalized spacial score (nSPS) is 11.5. The van der Waals surface area contributed by atoms with Crippen molar-refractivity contribution in [3.05, 3.63) is 65.2 Å². The summed E-state index contributed by atoms with van der Waals surface area (Å²) in [4.78, 5) is 12.0. The predicted octanol–water partition coefficient (Wildman–Crippen LogP) is 3.43. The molecule has 0 fully saturated rings. The van der Waals surface area contributed by atoms with Crippen LogP contribution in [0.5, 0.6) is 5.75 Å². The maximum Gasteiger partial charge on any atom is 0.264 e. The summed E-state index contributed by atoms with van der Waals surface area (Å²) in [7, 11) is 0. The van der Waals surface area contributed by atoms with Crippen LogP contribution in [0, 0.1) is 13.8 Å². The Morgan fingerprint density at radius 2 is 1.88 bits per heavy atom. The molecule has 1 atom stereocenters. The van der Waals surface area contributed by atoms with Gasteiger partial charge in [-0.2, -0.15) is 0 Å². The van der Waals surface area contributed by atoms with Crippen molar-refractivity contribution in [1.29, 1.82) is 0 Å². The van der Waals surface area contributed by atoms with Gasteiger partial charge in [0.2, 0.25) is 0 Å². The van der Waals surface area contributed by atoms with Crippen LogP contribution in [0.25, 0.3) is 0 Å². The Morgan fingerprint density at radius 1 is 1.17 bits per heavy atom. The first-order valence-electron chi connectivity index (χ1n) is 7.81. The number of hydrogen-bond donors (Lipinski definition) is 2. The van der Waals surface area contributed by atoms with Crippen LogP contribution in [0.3, 0.4) is 0 Å². The monoisotopic (exact) mass is 342 g/mol. The molecule has 0 aliphatic carbocycles. The molecule has 2 aromatic rings. The molecule has 1 amide bonds. The third-order valence-corrected chi connectivity index (χ3v) is 3.82. The first kappa shape index (κ1) is 17.9. The van der Waals surface area contributed by atoms with Gasteiger partial charge in [-0.15, -0.1) is 0 Å². The van der Waals surface area contributed by atoms with Crippen LogP contribution < -0.4 is 15.4 Å². The van der Waals surface area contributed by atoms with Gasteiger partial charge in [-0.3, -0.25) is 4.79 Å². The summed E-state index contributed by atoms with van der Waals surface area (Å²) in [6.07, 6.45) is 0. The molecule has 0 saturated heterocycles. The Labute approximate surface area is 148 Å². The summed E-state index contributed by atoms with van der Waals surface area (Å²) in [5, 5.41) is 6.02. The van der Waals surface area contributed by atoms with Gasteiger partial charge in [0.25, 0.3) is 5.91 Å². The van der Waals surface area contributed by atoms with E-state index in [0.29, 0.717) is 10.9 Å². The minimum Gasteiger partial charge on any atom is -0.483 e. The molecule has 5 heteroatoms. The van der Waals surface area contributed by atoms with E-state index in [1.54, 1.807) is 0 Å². The van der Waals surface area contributed by atoms with Crippen molar-refractivity contribution in [2.24, 2.45) is 0 Å². The van der Waals surface area contributed by atoms with Gasteiger partial charge in [0.1, 0.15) is 5.75 Å². The maximum absolute atomic E-state index is 12.0. The summed E-state index contributed by atoms with van der Waals surface area (Å²) >= 11 is 5.19. The topological polar surface area (TPSA) is 50.4 Å². The molecule has 1 unspecified atom stereocenters. The molecule has 2 N–H and O–H groups in total. The number of benzene rings is 2. The molecule has 126 valence electrons. The van der Waals surface area contributed by atoms with E-state index < -0.39 is 0 Å². The minimum atomic E-state index is -0.284. The zero-order chi connectivity index (χ0) is 17.5. The Kier molecular flexibility index (Phi) is 6.32. The van der Waals surface area contributed by atoms with E-state index in [1.807, 2.05) is 69.3 Å². The van der Waals surface area contributed by atoms with Crippen LogP contribution in [0.15, 0.2) is 48.5 Å². The lowest BCUT2D eigenvalue weighted by molar-refractivity contribution is -0.121. The van der Waals surface area contributed by atoms with Crippen molar-refractivity contribution in [3.8, 4) is 5.75 Å². The second-order valence-corrected chi connectivity index (χ2v) is 6.12. The van der Waals surface area contributed by atoms with Crippen LogP contribution in [0.1, 0.15) is 29.7 Å². The quantitative estimate of drug-likeness (QED) is 0.818. The number of aryl methyl sites for hydroxylation is 2.